The zero-order valence-corrected chi connectivity index (χ0v) is 15.3. The third-order valence-corrected chi connectivity index (χ3v) is 4.69. The number of amides is 1. The Morgan fingerprint density at radius 3 is 3.00 bits per heavy atom. The Morgan fingerprint density at radius 1 is 1.43 bits per heavy atom. The van der Waals surface area contributed by atoms with Gasteiger partial charge in [0.25, 0.3) is 0 Å². The predicted molar refractivity (Wildman–Crippen MR) is 103 cm³/mol. The van der Waals surface area contributed by atoms with Crippen molar-refractivity contribution in [2.45, 2.75) is 37.8 Å². The van der Waals surface area contributed by atoms with Crippen LogP contribution in [0.3, 0.4) is 0 Å². The van der Waals surface area contributed by atoms with E-state index in [1.807, 2.05) is 18.2 Å². The Balaban J connectivity index is 1.57. The number of nitrogens with two attached hydrogens (primary N) is 1. The van der Waals surface area contributed by atoms with Gasteiger partial charge in [0.15, 0.2) is 0 Å². The summed E-state index contributed by atoms with van der Waals surface area (Å²) in [5.74, 6) is 0.790. The minimum Gasteiger partial charge on any atom is -0.439 e. The molecule has 8 heteroatoms. The molecule has 1 aromatic carbocycles. The van der Waals surface area contributed by atoms with Gasteiger partial charge in [-0.2, -0.15) is 5.26 Å². The van der Waals surface area contributed by atoms with E-state index in [2.05, 4.69) is 16.2 Å². The van der Waals surface area contributed by atoms with Crippen molar-refractivity contribution in [2.75, 3.05) is 6.54 Å². The third-order valence-electron chi connectivity index (χ3n) is 4.69. The number of nitriles is 1. The number of rotatable bonds is 7. The lowest BCUT2D eigenvalue weighted by Gasteiger charge is -2.23. The van der Waals surface area contributed by atoms with Crippen LogP contribution in [0.1, 0.15) is 24.8 Å². The predicted octanol–water partition coefficient (Wildman–Crippen LogP) is 3.05. The highest BCUT2D eigenvalue weighted by Gasteiger charge is 2.31. The number of carbonyl (C=O) groups is 1. The largest absolute Gasteiger partial charge is 0.439 e. The van der Waals surface area contributed by atoms with Crippen molar-refractivity contribution >= 4 is 11.6 Å². The number of pyridine rings is 1. The van der Waals surface area contributed by atoms with E-state index in [4.69, 9.17) is 15.7 Å². The second-order valence-corrected chi connectivity index (χ2v) is 6.66. The van der Waals surface area contributed by atoms with E-state index < -0.39 is 6.04 Å². The van der Waals surface area contributed by atoms with Gasteiger partial charge in [0.1, 0.15) is 17.5 Å². The molecule has 2 N–H and O–H groups in total. The first-order valence-electron chi connectivity index (χ1n) is 9.12. The number of aryl methyl sites for hydroxylation is 1. The van der Waals surface area contributed by atoms with E-state index in [1.165, 1.54) is 12.3 Å². The number of ether oxygens (including phenoxy) is 1. The van der Waals surface area contributed by atoms with Gasteiger partial charge < -0.3 is 15.4 Å². The van der Waals surface area contributed by atoms with Gasteiger partial charge in [-0.3, -0.25) is 4.79 Å². The highest BCUT2D eigenvalue weighted by molar-refractivity contribution is 5.82. The SMILES string of the molecule is N#C[C@@H]1CCCN1C(=O)[C@@H](N)CCc1cccc(Oc2ccc(N=O)cn2)c1. The van der Waals surface area contributed by atoms with Gasteiger partial charge in [-0.05, 0) is 54.6 Å². The van der Waals surface area contributed by atoms with Gasteiger partial charge >= 0.3 is 0 Å². The van der Waals surface area contributed by atoms with Crippen LogP contribution in [0.15, 0.2) is 47.8 Å². The number of carbonyl (C=O) groups excluding carboxylic acids is 1. The molecule has 3 rings (SSSR count). The van der Waals surface area contributed by atoms with Crippen LogP contribution < -0.4 is 10.5 Å². The van der Waals surface area contributed by atoms with Crippen molar-refractivity contribution in [3.63, 3.8) is 0 Å². The average molecular weight is 379 g/mol. The quantitative estimate of drug-likeness (QED) is 0.738. The summed E-state index contributed by atoms with van der Waals surface area (Å²) in [6, 6.07) is 11.7. The fourth-order valence-electron chi connectivity index (χ4n) is 3.20. The molecule has 1 aliphatic heterocycles. The number of nitrogens with zero attached hydrogens (tertiary/aromatic N) is 4. The van der Waals surface area contributed by atoms with Crippen molar-refractivity contribution in [1.29, 1.82) is 5.26 Å². The van der Waals surface area contributed by atoms with E-state index in [1.54, 1.807) is 17.0 Å². The summed E-state index contributed by atoms with van der Waals surface area (Å²) in [6.45, 7) is 0.597. The van der Waals surface area contributed by atoms with Crippen LogP contribution in [0.5, 0.6) is 11.6 Å². The van der Waals surface area contributed by atoms with E-state index >= 15 is 0 Å². The minimum atomic E-state index is -0.636. The lowest BCUT2D eigenvalue weighted by molar-refractivity contribution is -0.132. The molecule has 2 atom stereocenters. The summed E-state index contributed by atoms with van der Waals surface area (Å²) < 4.78 is 5.69. The first-order valence-corrected chi connectivity index (χ1v) is 9.12. The molecule has 0 unspecified atom stereocenters. The first-order chi connectivity index (χ1) is 13.6. The molecule has 2 heterocycles. The highest BCUT2D eigenvalue weighted by atomic mass is 16.5. The molecule has 0 aliphatic carbocycles. The third kappa shape index (κ3) is 4.69. The molecule has 2 aromatic rings. The molecule has 0 bridgehead atoms. The number of likely N-dealkylation sites (tertiary alicyclic amines) is 1. The standard InChI is InChI=1S/C20H21N5O3/c21-12-16-4-2-10-25(16)20(26)18(22)8-6-14-3-1-5-17(11-14)28-19-9-7-15(24-27)13-23-19/h1,3,5,7,9,11,13,16,18H,2,4,6,8,10,22H2/t16-,18-/m0/s1. The summed E-state index contributed by atoms with van der Waals surface area (Å²) in [5.41, 5.74) is 7.28. The molecule has 1 fully saturated rings. The second-order valence-electron chi connectivity index (χ2n) is 6.66. The molecule has 1 amide bonds. The summed E-state index contributed by atoms with van der Waals surface area (Å²) in [5, 5.41) is 11.9. The zero-order valence-electron chi connectivity index (χ0n) is 15.3. The van der Waals surface area contributed by atoms with Crippen LogP contribution in [-0.2, 0) is 11.2 Å². The van der Waals surface area contributed by atoms with Crippen LogP contribution in [0.4, 0.5) is 5.69 Å². The summed E-state index contributed by atoms with van der Waals surface area (Å²) in [6.07, 6.45) is 3.98. The maximum absolute atomic E-state index is 12.5. The Labute approximate surface area is 162 Å². The van der Waals surface area contributed by atoms with Crippen LogP contribution in [0, 0.1) is 16.2 Å². The van der Waals surface area contributed by atoms with Gasteiger partial charge in [0, 0.05) is 12.6 Å². The number of hydrogen-bond donors (Lipinski definition) is 1. The Hall–Kier alpha value is -3.31. The van der Waals surface area contributed by atoms with E-state index in [9.17, 15) is 9.70 Å². The van der Waals surface area contributed by atoms with E-state index in [-0.39, 0.29) is 17.6 Å². The molecule has 144 valence electrons. The minimum absolute atomic E-state index is 0.162. The Morgan fingerprint density at radius 2 is 2.29 bits per heavy atom. The van der Waals surface area contributed by atoms with E-state index in [0.29, 0.717) is 37.4 Å². The Kier molecular flexibility index (Phi) is 6.29. The molecular formula is C20H21N5O3. The average Bonchev–Trinajstić information content (AvgIpc) is 3.21. The summed E-state index contributed by atoms with van der Waals surface area (Å²) in [4.78, 5) is 28.5. The molecule has 8 nitrogen and oxygen atoms in total. The van der Waals surface area contributed by atoms with Gasteiger partial charge in [0.05, 0.1) is 18.3 Å². The fraction of sp³-hybridized carbons (Fsp3) is 0.350. The molecule has 1 aliphatic rings. The summed E-state index contributed by atoms with van der Waals surface area (Å²) in [7, 11) is 0. The van der Waals surface area contributed by atoms with Crippen molar-refractivity contribution in [2.24, 2.45) is 10.9 Å². The van der Waals surface area contributed by atoms with E-state index in [0.717, 1.165) is 12.0 Å². The van der Waals surface area contributed by atoms with Crippen LogP contribution >= 0.6 is 0 Å². The van der Waals surface area contributed by atoms with Crippen molar-refractivity contribution in [3.05, 3.63) is 53.1 Å². The molecule has 1 saturated heterocycles. The lowest BCUT2D eigenvalue weighted by atomic mass is 10.0. The number of hydrogen-bond acceptors (Lipinski definition) is 7. The number of aromatic nitrogens is 1. The van der Waals surface area contributed by atoms with Crippen molar-refractivity contribution in [1.82, 2.24) is 9.88 Å². The second kappa shape index (κ2) is 9.06. The molecule has 0 spiro atoms. The van der Waals surface area contributed by atoms with Crippen molar-refractivity contribution < 1.29 is 9.53 Å². The van der Waals surface area contributed by atoms with Gasteiger partial charge in [-0.1, -0.05) is 12.1 Å². The van der Waals surface area contributed by atoms with Crippen molar-refractivity contribution in [3.8, 4) is 17.7 Å². The fourth-order valence-corrected chi connectivity index (χ4v) is 3.20. The molecule has 28 heavy (non-hydrogen) atoms. The molecule has 0 saturated carbocycles. The Bertz CT molecular complexity index is 878. The van der Waals surface area contributed by atoms with Gasteiger partial charge in [0.2, 0.25) is 11.8 Å². The zero-order chi connectivity index (χ0) is 19.9. The molecular weight excluding hydrogens is 358 g/mol. The highest BCUT2D eigenvalue weighted by Crippen LogP contribution is 2.23. The first kappa shape index (κ1) is 19.5. The number of benzene rings is 1. The van der Waals surface area contributed by atoms with Gasteiger partial charge in [-0.15, -0.1) is 4.91 Å². The van der Waals surface area contributed by atoms with Gasteiger partial charge in [-0.25, -0.2) is 4.98 Å². The molecule has 0 radical (unpaired) electrons. The maximum Gasteiger partial charge on any atom is 0.240 e. The lowest BCUT2D eigenvalue weighted by Crippen LogP contribution is -2.45. The monoisotopic (exact) mass is 379 g/mol. The topological polar surface area (TPSA) is 122 Å². The van der Waals surface area contributed by atoms with Crippen LogP contribution in [-0.4, -0.2) is 34.4 Å². The normalized spacial score (nSPS) is 17.0. The maximum atomic E-state index is 12.5. The smallest absolute Gasteiger partial charge is 0.240 e. The molecule has 1 aromatic heterocycles. The number of nitroso groups, excluding NO2 is 1. The van der Waals surface area contributed by atoms with Crippen LogP contribution in [0.2, 0.25) is 0 Å². The van der Waals surface area contributed by atoms with Crippen LogP contribution in [0.25, 0.3) is 0 Å². The summed E-state index contributed by atoms with van der Waals surface area (Å²) >= 11 is 0.